The molecule has 0 aliphatic rings. The van der Waals surface area contributed by atoms with Crippen LogP contribution in [0.4, 0.5) is 0 Å². The summed E-state index contributed by atoms with van der Waals surface area (Å²) >= 11 is 0. The van der Waals surface area contributed by atoms with Crippen molar-refractivity contribution in [1.82, 2.24) is 0 Å². The van der Waals surface area contributed by atoms with Crippen molar-refractivity contribution in [3.8, 4) is 17.2 Å². The van der Waals surface area contributed by atoms with Crippen LogP contribution in [0.1, 0.15) is 61.3 Å². The van der Waals surface area contributed by atoms with Crippen LogP contribution < -0.4 is 19.8 Å². The topological polar surface area (TPSA) is 57.9 Å². The third kappa shape index (κ3) is 6.68. The second-order valence-corrected chi connectivity index (χ2v) is 8.19. The number of hydrogen-bond acceptors (Lipinski definition) is 5. The average molecular weight is 415 g/mol. The minimum Gasteiger partial charge on any atom is -0.490 e. The van der Waals surface area contributed by atoms with Crippen LogP contribution in [-0.4, -0.2) is 18.8 Å². The molecule has 0 fully saturated rings. The summed E-state index contributed by atoms with van der Waals surface area (Å²) in [6.45, 7) is 14.2. The monoisotopic (exact) mass is 414 g/mol. The van der Waals surface area contributed by atoms with Crippen molar-refractivity contribution in [3.05, 3.63) is 51.9 Å². The van der Waals surface area contributed by atoms with Crippen LogP contribution in [0.3, 0.4) is 0 Å². The van der Waals surface area contributed by atoms with Crippen molar-refractivity contribution in [2.75, 3.05) is 6.61 Å². The van der Waals surface area contributed by atoms with E-state index >= 15 is 0 Å². The Labute approximate surface area is 179 Å². The maximum atomic E-state index is 12.7. The molecule has 30 heavy (non-hydrogen) atoms. The molecular weight excluding hydrogens is 380 g/mol. The molecule has 0 spiro atoms. The summed E-state index contributed by atoms with van der Waals surface area (Å²) in [5.74, 6) is 1.03. The van der Waals surface area contributed by atoms with Gasteiger partial charge in [-0.15, -0.1) is 0 Å². The van der Waals surface area contributed by atoms with Crippen LogP contribution >= 0.6 is 0 Å². The lowest BCUT2D eigenvalue weighted by Gasteiger charge is -2.18. The molecule has 1 aromatic carbocycles. The predicted octanol–water partition coefficient (Wildman–Crippen LogP) is 6.44. The molecule has 0 radical (unpaired) electrons. The third-order valence-corrected chi connectivity index (χ3v) is 4.28. The molecule has 0 aliphatic carbocycles. The summed E-state index contributed by atoms with van der Waals surface area (Å²) in [6.07, 6.45) is 5.94. The van der Waals surface area contributed by atoms with Gasteiger partial charge in [0.15, 0.2) is 5.75 Å². The molecule has 0 amide bonds. The molecule has 0 saturated heterocycles. The quantitative estimate of drug-likeness (QED) is 0.331. The van der Waals surface area contributed by atoms with Gasteiger partial charge in [0, 0.05) is 0 Å². The molecule has 0 saturated carbocycles. The summed E-state index contributed by atoms with van der Waals surface area (Å²) in [5.41, 5.74) is 2.36. The van der Waals surface area contributed by atoms with E-state index in [2.05, 4.69) is 26.8 Å². The molecule has 1 aromatic heterocycles. The second kappa shape index (κ2) is 10.9. The number of fused-ring (bicyclic) bond motifs is 1. The number of rotatable bonds is 10. The van der Waals surface area contributed by atoms with Crippen molar-refractivity contribution < 1.29 is 18.6 Å². The average Bonchev–Trinajstić information content (AvgIpc) is 2.62. The largest absolute Gasteiger partial charge is 0.490 e. The van der Waals surface area contributed by atoms with E-state index in [1.807, 2.05) is 39.8 Å². The highest BCUT2D eigenvalue weighted by Crippen LogP contribution is 2.39. The van der Waals surface area contributed by atoms with E-state index in [0.717, 1.165) is 12.8 Å². The molecular formula is C25H34O5. The van der Waals surface area contributed by atoms with Crippen molar-refractivity contribution >= 4 is 11.0 Å². The maximum Gasteiger partial charge on any atom is 0.383 e. The van der Waals surface area contributed by atoms with Crippen LogP contribution in [0.2, 0.25) is 0 Å². The van der Waals surface area contributed by atoms with Gasteiger partial charge in [-0.05, 0) is 79.5 Å². The second-order valence-electron chi connectivity index (χ2n) is 8.19. The van der Waals surface area contributed by atoms with Gasteiger partial charge in [0.2, 0.25) is 5.75 Å². The summed E-state index contributed by atoms with van der Waals surface area (Å²) in [7, 11) is 0. The summed E-state index contributed by atoms with van der Waals surface area (Å²) in [5, 5.41) is 0.610. The van der Waals surface area contributed by atoms with Crippen molar-refractivity contribution in [2.24, 2.45) is 0 Å². The van der Waals surface area contributed by atoms with Crippen molar-refractivity contribution in [1.29, 1.82) is 0 Å². The highest BCUT2D eigenvalue weighted by Gasteiger charge is 2.22. The Morgan fingerprint density at radius 3 is 2.33 bits per heavy atom. The van der Waals surface area contributed by atoms with Gasteiger partial charge in [0.05, 0.1) is 12.2 Å². The van der Waals surface area contributed by atoms with Gasteiger partial charge in [0.25, 0.3) is 0 Å². The van der Waals surface area contributed by atoms with E-state index in [0.29, 0.717) is 22.5 Å². The standard InChI is InChI=1S/C25H34O5/c1-16(2)10-8-11-19(7)14-15-27-24-23(29-18(5)6)22-20(28-17(3)4)12-9-13-21(22)30-25(24)26/h9-10,12-14,17-18H,8,11,15H2,1-7H3. The molecule has 0 N–H and O–H groups in total. The Bertz CT molecular complexity index is 959. The Balaban J connectivity index is 2.39. The fraction of sp³-hybridized carbons (Fsp3) is 0.480. The van der Waals surface area contributed by atoms with Crippen molar-refractivity contribution in [3.63, 3.8) is 0 Å². The van der Waals surface area contributed by atoms with Gasteiger partial charge in [-0.3, -0.25) is 0 Å². The van der Waals surface area contributed by atoms with E-state index in [9.17, 15) is 4.79 Å². The first-order chi connectivity index (χ1) is 14.2. The molecule has 0 aliphatic heterocycles. The highest BCUT2D eigenvalue weighted by molar-refractivity contribution is 5.91. The molecule has 2 rings (SSSR count). The van der Waals surface area contributed by atoms with Gasteiger partial charge in [0.1, 0.15) is 23.3 Å². The predicted molar refractivity (Wildman–Crippen MR) is 122 cm³/mol. The summed E-state index contributed by atoms with van der Waals surface area (Å²) < 4.78 is 23.3. The normalized spacial score (nSPS) is 11.8. The van der Waals surface area contributed by atoms with Crippen LogP contribution in [0, 0.1) is 0 Å². The van der Waals surface area contributed by atoms with Crippen LogP contribution in [0.15, 0.2) is 50.7 Å². The van der Waals surface area contributed by atoms with Crippen LogP contribution in [0.5, 0.6) is 17.2 Å². The lowest BCUT2D eigenvalue weighted by atomic mass is 10.1. The molecule has 5 nitrogen and oxygen atoms in total. The molecule has 164 valence electrons. The molecule has 5 heteroatoms. The van der Waals surface area contributed by atoms with Crippen LogP contribution in [0.25, 0.3) is 11.0 Å². The third-order valence-electron chi connectivity index (χ3n) is 4.28. The molecule has 2 aromatic rings. The van der Waals surface area contributed by atoms with Crippen LogP contribution in [-0.2, 0) is 0 Å². The zero-order valence-electron chi connectivity index (χ0n) is 19.2. The first-order valence-electron chi connectivity index (χ1n) is 10.5. The number of allylic oxidation sites excluding steroid dienone is 3. The Morgan fingerprint density at radius 2 is 1.70 bits per heavy atom. The summed E-state index contributed by atoms with van der Waals surface area (Å²) in [4.78, 5) is 12.7. The lowest BCUT2D eigenvalue weighted by molar-refractivity contribution is 0.220. The van der Waals surface area contributed by atoms with E-state index in [1.54, 1.807) is 12.1 Å². The Kier molecular flexibility index (Phi) is 8.58. The number of benzene rings is 1. The summed E-state index contributed by atoms with van der Waals surface area (Å²) in [6, 6.07) is 5.36. The highest BCUT2D eigenvalue weighted by atomic mass is 16.5. The zero-order valence-corrected chi connectivity index (χ0v) is 19.2. The van der Waals surface area contributed by atoms with Gasteiger partial charge >= 0.3 is 5.63 Å². The van der Waals surface area contributed by atoms with Gasteiger partial charge < -0.3 is 18.6 Å². The fourth-order valence-corrected chi connectivity index (χ4v) is 2.95. The van der Waals surface area contributed by atoms with E-state index in [4.69, 9.17) is 18.6 Å². The molecule has 0 atom stereocenters. The first kappa shape index (κ1) is 23.6. The Hall–Kier alpha value is -2.69. The van der Waals surface area contributed by atoms with Gasteiger partial charge in [-0.25, -0.2) is 4.79 Å². The molecule has 1 heterocycles. The smallest absolute Gasteiger partial charge is 0.383 e. The first-order valence-corrected chi connectivity index (χ1v) is 10.5. The maximum absolute atomic E-state index is 12.7. The SMILES string of the molecule is CC(C)=CCCC(C)=CCOc1c(OC(C)C)c2c(OC(C)C)cccc2oc1=O. The lowest BCUT2D eigenvalue weighted by Crippen LogP contribution is -2.15. The van der Waals surface area contributed by atoms with E-state index in [-0.39, 0.29) is 24.6 Å². The van der Waals surface area contributed by atoms with Gasteiger partial charge in [-0.1, -0.05) is 23.3 Å². The van der Waals surface area contributed by atoms with E-state index < -0.39 is 5.63 Å². The fourth-order valence-electron chi connectivity index (χ4n) is 2.95. The Morgan fingerprint density at radius 1 is 1.00 bits per heavy atom. The van der Waals surface area contributed by atoms with Crippen molar-refractivity contribution in [2.45, 2.75) is 73.5 Å². The van der Waals surface area contributed by atoms with Gasteiger partial charge in [-0.2, -0.15) is 0 Å². The molecule has 0 bridgehead atoms. The minimum atomic E-state index is -0.560. The van der Waals surface area contributed by atoms with E-state index in [1.165, 1.54) is 11.1 Å². The number of hydrogen-bond donors (Lipinski definition) is 0. The minimum absolute atomic E-state index is 0.0369. The zero-order chi connectivity index (χ0) is 22.3. The molecule has 0 unspecified atom stereocenters. The number of ether oxygens (including phenoxy) is 3.